The molecule has 2 fully saturated rings. The standard InChI is InChI=1S/C34H46ClN3O10.C5H11Cl2N.ClH/c1-18-11-10-12-26(45-9)34(43)17-25(46-32(42)36-34)19(2)30-33(5,48-30)27(47-31(41)20(3)37(6)21(4)39)16-28(40)38(7)23-14-22(13-18)15-24(44-8)29(23)35;1-8(4-2-6)5-3-7;/h10-12,14-15,19-20,25-27,30,43H,13,16-17H2,1-9H3,(H,36,42);2-5H2,1H3;1H/b12-10+,18-11+;;/t19-,20+,25+,26-,27+,30+,33+,34+;;/m1../s1. The number of anilines is 1. The van der Waals surface area contributed by atoms with Gasteiger partial charge in [0.15, 0.2) is 5.72 Å². The Labute approximate surface area is 357 Å². The van der Waals surface area contributed by atoms with Crippen LogP contribution in [0.15, 0.2) is 35.9 Å². The zero-order valence-corrected chi connectivity index (χ0v) is 37.4. The van der Waals surface area contributed by atoms with Crippen molar-refractivity contribution in [1.82, 2.24) is 15.1 Å². The summed E-state index contributed by atoms with van der Waals surface area (Å²) in [6, 6.07) is 2.63. The maximum absolute atomic E-state index is 14.0. The summed E-state index contributed by atoms with van der Waals surface area (Å²) in [5.41, 5.74) is -0.871. The van der Waals surface area contributed by atoms with Gasteiger partial charge >= 0.3 is 12.1 Å². The number of carbonyl (C=O) groups is 4. The summed E-state index contributed by atoms with van der Waals surface area (Å²) < 4.78 is 28.9. The van der Waals surface area contributed by atoms with Crippen LogP contribution in [0.5, 0.6) is 5.75 Å². The number of hydrogen-bond donors (Lipinski definition) is 2. The van der Waals surface area contributed by atoms with Crippen LogP contribution in [0, 0.1) is 5.92 Å². The van der Waals surface area contributed by atoms with Gasteiger partial charge in [0.1, 0.15) is 40.7 Å². The normalized spacial score (nSPS) is 29.4. The lowest BCUT2D eigenvalue weighted by Crippen LogP contribution is -2.63. The molecule has 3 aliphatic rings. The molecule has 0 spiro atoms. The highest BCUT2D eigenvalue weighted by Gasteiger charge is 2.64. The number of halogens is 4. The van der Waals surface area contributed by atoms with Crippen LogP contribution in [0.2, 0.25) is 5.02 Å². The van der Waals surface area contributed by atoms with Crippen LogP contribution < -0.4 is 15.0 Å². The van der Waals surface area contributed by atoms with Crippen molar-refractivity contribution < 1.29 is 48.0 Å². The lowest BCUT2D eigenvalue weighted by Gasteiger charge is -2.42. The van der Waals surface area contributed by atoms with E-state index in [1.165, 1.54) is 44.9 Å². The summed E-state index contributed by atoms with van der Waals surface area (Å²) in [5.74, 6) is -0.257. The summed E-state index contributed by atoms with van der Waals surface area (Å²) in [5, 5.41) is 14.4. The summed E-state index contributed by atoms with van der Waals surface area (Å²) in [6.45, 7) is 10.1. The molecule has 3 amide bonds. The van der Waals surface area contributed by atoms with Gasteiger partial charge in [-0.3, -0.25) is 14.9 Å². The number of rotatable bonds is 9. The molecule has 57 heavy (non-hydrogen) atoms. The molecule has 2 N–H and O–H groups in total. The van der Waals surface area contributed by atoms with Crippen molar-refractivity contribution >= 4 is 76.8 Å². The molecular formula is C39H58Cl4N4O10. The van der Waals surface area contributed by atoms with Gasteiger partial charge in [-0.2, -0.15) is 0 Å². The van der Waals surface area contributed by atoms with E-state index in [0.29, 0.717) is 29.6 Å². The van der Waals surface area contributed by atoms with Crippen molar-refractivity contribution in [3.05, 3.63) is 46.5 Å². The Hall–Kier alpha value is -2.82. The van der Waals surface area contributed by atoms with Crippen LogP contribution in [-0.4, -0.2) is 141 Å². The molecule has 0 aliphatic carbocycles. The second-order valence-electron chi connectivity index (χ2n) is 14.7. The molecule has 2 saturated heterocycles. The van der Waals surface area contributed by atoms with Crippen LogP contribution in [-0.2, 0) is 39.8 Å². The summed E-state index contributed by atoms with van der Waals surface area (Å²) in [6.07, 6.45) is 1.02. The molecule has 0 unspecified atom stereocenters. The van der Waals surface area contributed by atoms with Crippen molar-refractivity contribution in [2.45, 2.75) is 95.7 Å². The monoisotopic (exact) mass is 882 g/mol. The van der Waals surface area contributed by atoms with Crippen LogP contribution in [0.1, 0.15) is 53.0 Å². The van der Waals surface area contributed by atoms with Crippen molar-refractivity contribution in [3.8, 4) is 5.75 Å². The fraction of sp³-hybridized carbons (Fsp3) is 0.641. The summed E-state index contributed by atoms with van der Waals surface area (Å²) in [7, 11) is 7.97. The number of ether oxygens (including phenoxy) is 5. The van der Waals surface area contributed by atoms with Gasteiger partial charge in [0.05, 0.1) is 25.3 Å². The van der Waals surface area contributed by atoms with Gasteiger partial charge in [0.25, 0.3) is 0 Å². The van der Waals surface area contributed by atoms with Gasteiger partial charge in [-0.25, -0.2) is 9.59 Å². The minimum absolute atomic E-state index is 0. The number of amides is 3. The molecular weight excluding hydrogens is 826 g/mol. The van der Waals surface area contributed by atoms with Gasteiger partial charge in [0, 0.05) is 65.3 Å². The van der Waals surface area contributed by atoms with E-state index in [4.69, 9.17) is 58.5 Å². The number of aliphatic hydroxyl groups is 1. The molecule has 3 heterocycles. The highest BCUT2D eigenvalue weighted by atomic mass is 35.5. The molecule has 0 saturated carbocycles. The molecule has 0 radical (unpaired) electrons. The van der Waals surface area contributed by atoms with Gasteiger partial charge in [-0.15, -0.1) is 35.6 Å². The first-order valence-corrected chi connectivity index (χ1v) is 19.8. The molecule has 322 valence electrons. The number of fused-ring (bicyclic) bond motifs is 5. The number of benzene rings is 1. The first-order chi connectivity index (χ1) is 26.3. The second-order valence-corrected chi connectivity index (χ2v) is 15.8. The molecule has 3 aliphatic heterocycles. The quantitative estimate of drug-likeness (QED) is 0.187. The lowest BCUT2D eigenvalue weighted by atomic mass is 9.83. The zero-order valence-electron chi connectivity index (χ0n) is 34.3. The Balaban J connectivity index is 0.00000112. The average Bonchev–Trinajstić information content (AvgIpc) is 3.84. The smallest absolute Gasteiger partial charge is 0.409 e. The lowest BCUT2D eigenvalue weighted by molar-refractivity contribution is -0.161. The van der Waals surface area contributed by atoms with Crippen LogP contribution in [0.4, 0.5) is 10.5 Å². The van der Waals surface area contributed by atoms with E-state index in [0.717, 1.165) is 24.2 Å². The van der Waals surface area contributed by atoms with Gasteiger partial charge in [-0.1, -0.05) is 42.3 Å². The number of nitrogens with zero attached hydrogens (tertiary/aromatic N) is 3. The predicted octanol–water partition coefficient (Wildman–Crippen LogP) is 5.35. The van der Waals surface area contributed by atoms with E-state index in [1.54, 1.807) is 45.2 Å². The molecule has 4 rings (SSSR count). The molecule has 14 nitrogen and oxygen atoms in total. The fourth-order valence-electron chi connectivity index (χ4n) is 6.68. The predicted molar refractivity (Wildman–Crippen MR) is 223 cm³/mol. The van der Waals surface area contributed by atoms with E-state index in [1.807, 2.05) is 20.0 Å². The number of likely N-dealkylation sites (N-methyl/N-ethyl adjacent to an activating group) is 1. The zero-order chi connectivity index (χ0) is 42.1. The van der Waals surface area contributed by atoms with Crippen LogP contribution >= 0.6 is 47.2 Å². The number of methoxy groups -OCH3 is 2. The third-order valence-corrected chi connectivity index (χ3v) is 11.3. The summed E-state index contributed by atoms with van der Waals surface area (Å²) in [4.78, 5) is 56.8. The number of nitrogens with one attached hydrogen (secondary N) is 1. The van der Waals surface area contributed by atoms with Crippen molar-refractivity contribution in [2.24, 2.45) is 5.92 Å². The maximum atomic E-state index is 14.0. The average molecular weight is 885 g/mol. The molecule has 4 bridgehead atoms. The van der Waals surface area contributed by atoms with E-state index in [2.05, 4.69) is 10.2 Å². The third kappa shape index (κ3) is 12.8. The maximum Gasteiger partial charge on any atom is 0.409 e. The van der Waals surface area contributed by atoms with E-state index >= 15 is 0 Å². The number of esters is 1. The Bertz CT molecular complexity index is 1630. The molecule has 1 aromatic carbocycles. The Kier molecular flexibility index (Phi) is 19.4. The third-order valence-electron chi connectivity index (χ3n) is 10.6. The molecule has 18 heteroatoms. The molecule has 8 atom stereocenters. The van der Waals surface area contributed by atoms with Gasteiger partial charge in [-0.05, 0) is 51.9 Å². The number of alkyl carbamates (subject to hydrolysis) is 1. The van der Waals surface area contributed by atoms with Crippen molar-refractivity contribution in [2.75, 3.05) is 65.1 Å². The molecule has 0 aromatic heterocycles. The second kappa shape index (κ2) is 22.0. The highest BCUT2D eigenvalue weighted by Crippen LogP contribution is 2.49. The van der Waals surface area contributed by atoms with Crippen molar-refractivity contribution in [3.63, 3.8) is 0 Å². The van der Waals surface area contributed by atoms with Gasteiger partial charge in [0.2, 0.25) is 11.8 Å². The van der Waals surface area contributed by atoms with E-state index < -0.39 is 65.7 Å². The van der Waals surface area contributed by atoms with Crippen LogP contribution in [0.3, 0.4) is 0 Å². The van der Waals surface area contributed by atoms with E-state index in [9.17, 15) is 24.3 Å². The first kappa shape index (κ1) is 50.3. The van der Waals surface area contributed by atoms with Crippen LogP contribution in [0.25, 0.3) is 0 Å². The first-order valence-electron chi connectivity index (χ1n) is 18.4. The van der Waals surface area contributed by atoms with E-state index in [-0.39, 0.29) is 36.2 Å². The number of carbonyl (C=O) groups excluding carboxylic acids is 4. The van der Waals surface area contributed by atoms with Crippen molar-refractivity contribution in [1.29, 1.82) is 0 Å². The number of hydrogen-bond acceptors (Lipinski definition) is 11. The topological polar surface area (TPSA) is 160 Å². The van der Waals surface area contributed by atoms with Gasteiger partial charge < -0.3 is 43.5 Å². The summed E-state index contributed by atoms with van der Waals surface area (Å²) >= 11 is 17.6. The SMILES string of the molecule is CN(CCCl)CCCl.COc1cc2cc(c1Cl)N(C)C(=O)C[C@H](OC(=O)[C@H](C)N(C)C(C)=O)[C@]1(C)O[C@H]1[C@H](C)[C@@H]1C[C@@](O)(NC(=O)O1)[C@H](OC)/C=C/C=C(\C)C2.Cl. The minimum Gasteiger partial charge on any atom is -0.495 e. The number of allylic oxidation sites excluding steroid dienone is 3. The Morgan fingerprint density at radius 1 is 1.16 bits per heavy atom. The molecule has 1 aromatic rings. The fourth-order valence-corrected chi connectivity index (χ4v) is 7.57. The Morgan fingerprint density at radius 2 is 1.79 bits per heavy atom. The Morgan fingerprint density at radius 3 is 2.35 bits per heavy atom. The minimum atomic E-state index is -1.81. The number of alkyl halides is 2. The number of epoxide rings is 1. The highest BCUT2D eigenvalue weighted by molar-refractivity contribution is 6.35. The largest absolute Gasteiger partial charge is 0.495 e.